The molecule has 0 aromatic heterocycles. The van der Waals surface area contributed by atoms with Gasteiger partial charge < -0.3 is 10.6 Å². The Morgan fingerprint density at radius 2 is 2.11 bits per heavy atom. The van der Waals surface area contributed by atoms with Crippen molar-refractivity contribution in [3.63, 3.8) is 0 Å². The van der Waals surface area contributed by atoms with Crippen molar-refractivity contribution in [1.29, 1.82) is 0 Å². The Hall–Kier alpha value is -0.120. The molecule has 0 spiro atoms. The first-order chi connectivity index (χ1) is 4.35. The Bertz CT molecular complexity index is 53.0. The zero-order valence-electron chi connectivity index (χ0n) is 6.26. The van der Waals surface area contributed by atoms with Gasteiger partial charge in [-0.2, -0.15) is 5.06 Å². The van der Waals surface area contributed by atoms with E-state index in [1.165, 1.54) is 0 Å². The molecular formula is C6H16N2O. The van der Waals surface area contributed by atoms with E-state index in [-0.39, 0.29) is 0 Å². The first-order valence-electron chi connectivity index (χ1n) is 3.34. The highest BCUT2D eigenvalue weighted by Gasteiger charge is 1.97. The van der Waals surface area contributed by atoms with E-state index in [0.717, 1.165) is 19.5 Å². The minimum absolute atomic E-state index is 0.661. The molecule has 0 amide bonds. The lowest BCUT2D eigenvalue weighted by atomic mass is 10.4. The number of hydrogen-bond donors (Lipinski definition) is 1. The molecule has 0 radical (unpaired) electrons. The van der Waals surface area contributed by atoms with Gasteiger partial charge in [-0.3, -0.25) is 0 Å². The van der Waals surface area contributed by atoms with Crippen molar-refractivity contribution in [1.82, 2.24) is 5.06 Å². The Morgan fingerprint density at radius 3 is 2.44 bits per heavy atom. The van der Waals surface area contributed by atoms with Crippen molar-refractivity contribution in [2.45, 2.75) is 13.3 Å². The molecule has 0 aliphatic carbocycles. The van der Waals surface area contributed by atoms with Gasteiger partial charge in [-0.15, -0.1) is 0 Å². The molecule has 0 aromatic carbocycles. The highest BCUT2D eigenvalue weighted by molar-refractivity contribution is 4.43. The van der Waals surface area contributed by atoms with Crippen molar-refractivity contribution < 1.29 is 4.84 Å². The summed E-state index contributed by atoms with van der Waals surface area (Å²) in [5, 5.41) is 1.86. The maximum atomic E-state index is 5.31. The molecule has 56 valence electrons. The molecule has 0 heterocycles. The average molecular weight is 132 g/mol. The van der Waals surface area contributed by atoms with Gasteiger partial charge in [0.05, 0.1) is 7.11 Å². The maximum absolute atomic E-state index is 5.31. The largest absolute Gasteiger partial charge is 0.329 e. The van der Waals surface area contributed by atoms with Crippen LogP contribution in [0.5, 0.6) is 0 Å². The SMILES string of the molecule is CCCN(CCN)OC. The zero-order valence-corrected chi connectivity index (χ0v) is 6.26. The fourth-order valence-electron chi connectivity index (χ4n) is 0.688. The summed E-state index contributed by atoms with van der Waals surface area (Å²) in [7, 11) is 1.67. The van der Waals surface area contributed by atoms with Crippen LogP contribution in [0.3, 0.4) is 0 Å². The molecule has 3 nitrogen and oxygen atoms in total. The van der Waals surface area contributed by atoms with Crippen LogP contribution in [0.4, 0.5) is 0 Å². The topological polar surface area (TPSA) is 38.5 Å². The predicted molar refractivity (Wildman–Crippen MR) is 37.9 cm³/mol. The van der Waals surface area contributed by atoms with E-state index in [0.29, 0.717) is 6.54 Å². The number of hydroxylamine groups is 2. The highest BCUT2D eigenvalue weighted by Crippen LogP contribution is 1.87. The van der Waals surface area contributed by atoms with E-state index in [9.17, 15) is 0 Å². The van der Waals surface area contributed by atoms with Crippen molar-refractivity contribution in [2.24, 2.45) is 5.73 Å². The van der Waals surface area contributed by atoms with Gasteiger partial charge in [-0.1, -0.05) is 6.92 Å². The van der Waals surface area contributed by atoms with Gasteiger partial charge in [0.2, 0.25) is 0 Å². The van der Waals surface area contributed by atoms with Crippen LogP contribution in [0.1, 0.15) is 13.3 Å². The Labute approximate surface area is 56.7 Å². The lowest BCUT2D eigenvalue weighted by Gasteiger charge is -2.16. The molecule has 0 aliphatic heterocycles. The van der Waals surface area contributed by atoms with Crippen molar-refractivity contribution in [3.8, 4) is 0 Å². The highest BCUT2D eigenvalue weighted by atomic mass is 16.7. The second-order valence-corrected chi connectivity index (χ2v) is 1.90. The number of nitrogens with two attached hydrogens (primary N) is 1. The summed E-state index contributed by atoms with van der Waals surface area (Å²) in [5.41, 5.74) is 5.31. The van der Waals surface area contributed by atoms with E-state index < -0.39 is 0 Å². The quantitative estimate of drug-likeness (QED) is 0.544. The zero-order chi connectivity index (χ0) is 7.11. The normalized spacial score (nSPS) is 10.7. The average Bonchev–Trinajstić information content (AvgIpc) is 1.88. The lowest BCUT2D eigenvalue weighted by molar-refractivity contribution is -0.128. The van der Waals surface area contributed by atoms with Gasteiger partial charge in [0.25, 0.3) is 0 Å². The molecular weight excluding hydrogens is 116 g/mol. The lowest BCUT2D eigenvalue weighted by Crippen LogP contribution is -2.29. The van der Waals surface area contributed by atoms with Crippen LogP contribution >= 0.6 is 0 Å². The van der Waals surface area contributed by atoms with Gasteiger partial charge >= 0.3 is 0 Å². The standard InChI is InChI=1S/C6H16N2O/c1-3-5-8(9-2)6-4-7/h3-7H2,1-2H3. The van der Waals surface area contributed by atoms with Gasteiger partial charge in [0, 0.05) is 19.6 Å². The minimum atomic E-state index is 0.661. The molecule has 9 heavy (non-hydrogen) atoms. The molecule has 0 aromatic rings. The van der Waals surface area contributed by atoms with E-state index in [2.05, 4.69) is 6.92 Å². The van der Waals surface area contributed by atoms with Crippen LogP contribution in [0.15, 0.2) is 0 Å². The Kier molecular flexibility index (Phi) is 5.93. The van der Waals surface area contributed by atoms with Crippen LogP contribution in [0.2, 0.25) is 0 Å². The molecule has 3 heteroatoms. The maximum Gasteiger partial charge on any atom is 0.0575 e. The van der Waals surface area contributed by atoms with Gasteiger partial charge in [-0.25, -0.2) is 0 Å². The third-order valence-corrected chi connectivity index (χ3v) is 1.11. The van der Waals surface area contributed by atoms with Crippen LogP contribution in [0.25, 0.3) is 0 Å². The van der Waals surface area contributed by atoms with E-state index >= 15 is 0 Å². The second kappa shape index (κ2) is 6.01. The predicted octanol–water partition coefficient (Wildman–Crippen LogP) is 0.219. The molecule has 0 fully saturated rings. The second-order valence-electron chi connectivity index (χ2n) is 1.90. The van der Waals surface area contributed by atoms with Crippen LogP contribution in [-0.4, -0.2) is 31.8 Å². The van der Waals surface area contributed by atoms with E-state index in [1.54, 1.807) is 7.11 Å². The first kappa shape index (κ1) is 8.88. The molecule has 0 rings (SSSR count). The van der Waals surface area contributed by atoms with Crippen molar-refractivity contribution in [3.05, 3.63) is 0 Å². The number of hydrogen-bond acceptors (Lipinski definition) is 3. The van der Waals surface area contributed by atoms with Gasteiger partial charge in [0.15, 0.2) is 0 Å². The van der Waals surface area contributed by atoms with Crippen LogP contribution in [-0.2, 0) is 4.84 Å². The molecule has 0 unspecified atom stereocenters. The molecule has 2 N–H and O–H groups in total. The monoisotopic (exact) mass is 132 g/mol. The summed E-state index contributed by atoms with van der Waals surface area (Å²) >= 11 is 0. The van der Waals surface area contributed by atoms with E-state index in [1.807, 2.05) is 5.06 Å². The fourth-order valence-corrected chi connectivity index (χ4v) is 0.688. The summed E-state index contributed by atoms with van der Waals surface area (Å²) in [4.78, 5) is 4.98. The van der Waals surface area contributed by atoms with Crippen molar-refractivity contribution in [2.75, 3.05) is 26.7 Å². The third kappa shape index (κ3) is 4.39. The Balaban J connectivity index is 3.18. The first-order valence-corrected chi connectivity index (χ1v) is 3.34. The molecule has 0 aliphatic rings. The van der Waals surface area contributed by atoms with Gasteiger partial charge in [-0.05, 0) is 6.42 Å². The number of nitrogens with zero attached hydrogens (tertiary/aromatic N) is 1. The molecule has 0 bridgehead atoms. The summed E-state index contributed by atoms with van der Waals surface area (Å²) in [6.45, 7) is 4.56. The smallest absolute Gasteiger partial charge is 0.0575 e. The van der Waals surface area contributed by atoms with Crippen LogP contribution in [0, 0.1) is 0 Å². The number of rotatable bonds is 5. The van der Waals surface area contributed by atoms with Crippen molar-refractivity contribution >= 4 is 0 Å². The summed E-state index contributed by atoms with van der Waals surface area (Å²) in [6, 6.07) is 0. The molecule has 0 saturated heterocycles. The Morgan fingerprint density at radius 1 is 1.44 bits per heavy atom. The van der Waals surface area contributed by atoms with E-state index in [4.69, 9.17) is 10.6 Å². The molecule has 0 saturated carbocycles. The fraction of sp³-hybridized carbons (Fsp3) is 1.00. The van der Waals surface area contributed by atoms with Gasteiger partial charge in [0.1, 0.15) is 0 Å². The summed E-state index contributed by atoms with van der Waals surface area (Å²) in [6.07, 6.45) is 1.10. The van der Waals surface area contributed by atoms with Crippen LogP contribution < -0.4 is 5.73 Å². The minimum Gasteiger partial charge on any atom is -0.329 e. The summed E-state index contributed by atoms with van der Waals surface area (Å²) < 4.78 is 0. The molecule has 0 atom stereocenters. The third-order valence-electron chi connectivity index (χ3n) is 1.11. The summed E-state index contributed by atoms with van der Waals surface area (Å²) in [5.74, 6) is 0.